The van der Waals surface area contributed by atoms with E-state index in [-0.39, 0.29) is 0 Å². The van der Waals surface area contributed by atoms with Gasteiger partial charge >= 0.3 is 0 Å². The van der Waals surface area contributed by atoms with E-state index in [0.29, 0.717) is 0 Å². The molecule has 15 heavy (non-hydrogen) atoms. The molecule has 0 aromatic carbocycles. The van der Waals surface area contributed by atoms with Crippen LogP contribution in [-0.2, 0) is 0 Å². The summed E-state index contributed by atoms with van der Waals surface area (Å²) in [5, 5.41) is 0. The summed E-state index contributed by atoms with van der Waals surface area (Å²) in [6, 6.07) is 1.57. The Morgan fingerprint density at radius 3 is 2.00 bits per heavy atom. The van der Waals surface area contributed by atoms with E-state index < -0.39 is 8.07 Å². The quantitative estimate of drug-likeness (QED) is 0.580. The lowest BCUT2D eigenvalue weighted by Gasteiger charge is -2.34. The fourth-order valence-corrected chi connectivity index (χ4v) is 5.30. The molecule has 0 amide bonds. The van der Waals surface area contributed by atoms with Gasteiger partial charge in [0.05, 0.1) is 0 Å². The second kappa shape index (κ2) is 5.52. The molecule has 0 N–H and O–H groups in total. The van der Waals surface area contributed by atoms with Gasteiger partial charge in [0.15, 0.2) is 0 Å². The van der Waals surface area contributed by atoms with Crippen molar-refractivity contribution in [2.75, 3.05) is 0 Å². The van der Waals surface area contributed by atoms with Gasteiger partial charge in [0.25, 0.3) is 0 Å². The van der Waals surface area contributed by atoms with E-state index in [9.17, 15) is 0 Å². The third-order valence-electron chi connectivity index (χ3n) is 4.24. The van der Waals surface area contributed by atoms with Crippen molar-refractivity contribution < 1.29 is 0 Å². The molecule has 0 heterocycles. The molecule has 0 aromatic heterocycles. The predicted octanol–water partition coefficient (Wildman–Crippen LogP) is 5.18. The highest BCUT2D eigenvalue weighted by Gasteiger charge is 2.27. The standard InChI is InChI=1S/C14H30Si/c1-6-12(2)14-9-7-13(8-10-14)11-15(3,4)5/h12-14H,6-11H2,1-5H3. The van der Waals surface area contributed by atoms with Crippen LogP contribution in [0.4, 0.5) is 0 Å². The van der Waals surface area contributed by atoms with E-state index >= 15 is 0 Å². The molecule has 1 aliphatic carbocycles. The Morgan fingerprint density at radius 1 is 1.07 bits per heavy atom. The Hall–Kier alpha value is 0.217. The van der Waals surface area contributed by atoms with Gasteiger partial charge in [-0.3, -0.25) is 0 Å². The maximum Gasteiger partial charge on any atom is 0.0445 e. The highest BCUT2D eigenvalue weighted by Crippen LogP contribution is 2.37. The predicted molar refractivity (Wildman–Crippen MR) is 73.1 cm³/mol. The van der Waals surface area contributed by atoms with Gasteiger partial charge in [-0.2, -0.15) is 0 Å². The Labute approximate surface area is 97.9 Å². The SMILES string of the molecule is CCC(C)C1CCC(C[Si](C)(C)C)CC1. The summed E-state index contributed by atoms with van der Waals surface area (Å²) >= 11 is 0. The number of rotatable bonds is 4. The van der Waals surface area contributed by atoms with Gasteiger partial charge in [0.1, 0.15) is 0 Å². The molecule has 0 aromatic rings. The van der Waals surface area contributed by atoms with Crippen LogP contribution in [0.2, 0.25) is 25.7 Å². The van der Waals surface area contributed by atoms with Crippen LogP contribution in [-0.4, -0.2) is 8.07 Å². The van der Waals surface area contributed by atoms with Crippen molar-refractivity contribution in [2.45, 2.75) is 71.6 Å². The molecule has 1 atom stereocenters. The van der Waals surface area contributed by atoms with E-state index in [1.807, 2.05) is 0 Å². The van der Waals surface area contributed by atoms with Crippen molar-refractivity contribution in [2.24, 2.45) is 17.8 Å². The average molecular weight is 226 g/mol. The Kier molecular flexibility index (Phi) is 4.89. The molecule has 0 radical (unpaired) electrons. The number of hydrogen-bond donors (Lipinski definition) is 0. The zero-order valence-electron chi connectivity index (χ0n) is 11.5. The summed E-state index contributed by atoms with van der Waals surface area (Å²) in [5.74, 6) is 3.10. The Morgan fingerprint density at radius 2 is 1.60 bits per heavy atom. The van der Waals surface area contributed by atoms with E-state index in [2.05, 4.69) is 33.5 Å². The van der Waals surface area contributed by atoms with E-state index in [0.717, 1.165) is 17.8 Å². The molecule has 0 bridgehead atoms. The summed E-state index contributed by atoms with van der Waals surface area (Å²) in [6.07, 6.45) is 7.47. The summed E-state index contributed by atoms with van der Waals surface area (Å²) in [7, 11) is -0.802. The van der Waals surface area contributed by atoms with Crippen molar-refractivity contribution >= 4 is 8.07 Å². The van der Waals surface area contributed by atoms with Crippen LogP contribution in [0.1, 0.15) is 46.0 Å². The second-order valence-electron chi connectivity index (χ2n) is 6.93. The molecule has 1 heteroatoms. The van der Waals surface area contributed by atoms with Crippen LogP contribution < -0.4 is 0 Å². The van der Waals surface area contributed by atoms with Crippen LogP contribution >= 0.6 is 0 Å². The van der Waals surface area contributed by atoms with Gasteiger partial charge in [0.2, 0.25) is 0 Å². The van der Waals surface area contributed by atoms with Crippen LogP contribution in [0, 0.1) is 17.8 Å². The third kappa shape index (κ3) is 4.71. The monoisotopic (exact) mass is 226 g/mol. The minimum Gasteiger partial charge on any atom is -0.0695 e. The zero-order chi connectivity index (χ0) is 11.5. The lowest BCUT2D eigenvalue weighted by molar-refractivity contribution is 0.218. The van der Waals surface area contributed by atoms with Gasteiger partial charge in [-0.15, -0.1) is 0 Å². The zero-order valence-corrected chi connectivity index (χ0v) is 12.5. The second-order valence-corrected chi connectivity index (χ2v) is 12.5. The normalized spacial score (nSPS) is 30.2. The summed E-state index contributed by atoms with van der Waals surface area (Å²) in [6.45, 7) is 12.4. The van der Waals surface area contributed by atoms with Crippen LogP contribution in [0.5, 0.6) is 0 Å². The highest BCUT2D eigenvalue weighted by atomic mass is 28.3. The maximum absolute atomic E-state index is 2.52. The molecule has 0 spiro atoms. The minimum absolute atomic E-state index is 0.802. The smallest absolute Gasteiger partial charge is 0.0445 e. The van der Waals surface area contributed by atoms with Crippen molar-refractivity contribution in [1.29, 1.82) is 0 Å². The van der Waals surface area contributed by atoms with Gasteiger partial charge < -0.3 is 0 Å². The number of hydrogen-bond acceptors (Lipinski definition) is 0. The first kappa shape index (κ1) is 13.3. The van der Waals surface area contributed by atoms with Gasteiger partial charge in [-0.05, 0) is 30.6 Å². The van der Waals surface area contributed by atoms with Crippen LogP contribution in [0.25, 0.3) is 0 Å². The van der Waals surface area contributed by atoms with Gasteiger partial charge in [-0.1, -0.05) is 58.8 Å². The Bertz CT molecular complexity index is 172. The first-order valence-electron chi connectivity index (χ1n) is 6.92. The molecular weight excluding hydrogens is 196 g/mol. The third-order valence-corrected chi connectivity index (χ3v) is 6.04. The minimum atomic E-state index is -0.802. The van der Waals surface area contributed by atoms with Crippen LogP contribution in [0.3, 0.4) is 0 Å². The fourth-order valence-electron chi connectivity index (χ4n) is 3.16. The molecule has 0 saturated heterocycles. The van der Waals surface area contributed by atoms with Crippen molar-refractivity contribution in [1.82, 2.24) is 0 Å². The maximum atomic E-state index is 2.52. The Balaban J connectivity index is 2.30. The van der Waals surface area contributed by atoms with E-state index in [1.54, 1.807) is 6.04 Å². The lowest BCUT2D eigenvalue weighted by Crippen LogP contribution is -2.27. The summed E-state index contributed by atoms with van der Waals surface area (Å²) in [4.78, 5) is 0. The van der Waals surface area contributed by atoms with Crippen molar-refractivity contribution in [3.05, 3.63) is 0 Å². The molecule has 1 fully saturated rings. The highest BCUT2D eigenvalue weighted by molar-refractivity contribution is 6.76. The summed E-state index contributed by atoms with van der Waals surface area (Å²) in [5.41, 5.74) is 0. The van der Waals surface area contributed by atoms with E-state index in [1.165, 1.54) is 32.1 Å². The largest absolute Gasteiger partial charge is 0.0695 e. The molecule has 1 saturated carbocycles. The average Bonchev–Trinajstić information content (AvgIpc) is 2.15. The van der Waals surface area contributed by atoms with E-state index in [4.69, 9.17) is 0 Å². The summed E-state index contributed by atoms with van der Waals surface area (Å²) < 4.78 is 0. The first-order chi connectivity index (χ1) is 6.92. The topological polar surface area (TPSA) is 0 Å². The molecule has 0 nitrogen and oxygen atoms in total. The van der Waals surface area contributed by atoms with Crippen molar-refractivity contribution in [3.63, 3.8) is 0 Å². The van der Waals surface area contributed by atoms with Crippen LogP contribution in [0.15, 0.2) is 0 Å². The molecule has 1 rings (SSSR count). The van der Waals surface area contributed by atoms with Gasteiger partial charge in [-0.25, -0.2) is 0 Å². The fraction of sp³-hybridized carbons (Fsp3) is 1.00. The molecular formula is C14H30Si. The molecule has 1 aliphatic rings. The van der Waals surface area contributed by atoms with Gasteiger partial charge in [0, 0.05) is 8.07 Å². The molecule has 90 valence electrons. The molecule has 0 aliphatic heterocycles. The first-order valence-corrected chi connectivity index (χ1v) is 10.6. The molecule has 1 unspecified atom stereocenters. The lowest BCUT2D eigenvalue weighted by atomic mass is 9.76. The van der Waals surface area contributed by atoms with Crippen molar-refractivity contribution in [3.8, 4) is 0 Å².